The lowest BCUT2D eigenvalue weighted by molar-refractivity contribution is -0.419. The van der Waals surface area contributed by atoms with Crippen LogP contribution in [0, 0.1) is 10.1 Å². The molecule has 0 aliphatic rings. The monoisotopic (exact) mass is 235 g/mol. The van der Waals surface area contributed by atoms with Crippen LogP contribution >= 0.6 is 0 Å². The highest BCUT2D eigenvalue weighted by Gasteiger charge is 2.25. The van der Waals surface area contributed by atoms with Crippen molar-refractivity contribution in [1.82, 2.24) is 0 Å². The van der Waals surface area contributed by atoms with Crippen LogP contribution in [0.15, 0.2) is 36.0 Å². The summed E-state index contributed by atoms with van der Waals surface area (Å²) in [6.07, 6.45) is 1.05. The Balaban J connectivity index is 3.02. The van der Waals surface area contributed by atoms with Crippen LogP contribution in [-0.4, -0.2) is 16.9 Å². The maximum Gasteiger partial charge on any atom is 0.417 e. The molecule has 0 amide bonds. The van der Waals surface area contributed by atoms with E-state index < -0.39 is 22.6 Å². The summed E-state index contributed by atoms with van der Waals surface area (Å²) in [6.45, 7) is 0.998. The largest absolute Gasteiger partial charge is 0.417 e. The van der Waals surface area contributed by atoms with E-state index in [1.807, 2.05) is 0 Å². The quantitative estimate of drug-likeness (QED) is 0.260. The molecule has 0 saturated carbocycles. The highest BCUT2D eigenvalue weighted by molar-refractivity contribution is 5.97. The van der Waals surface area contributed by atoms with Gasteiger partial charge in [-0.15, -0.1) is 0 Å². The van der Waals surface area contributed by atoms with Gasteiger partial charge in [0.15, 0.2) is 0 Å². The number of carbonyl (C=O) groups excluding carboxylic acids is 2. The molecule has 1 rings (SSSR count). The second-order valence-corrected chi connectivity index (χ2v) is 3.08. The zero-order valence-electron chi connectivity index (χ0n) is 8.95. The van der Waals surface area contributed by atoms with E-state index >= 15 is 0 Å². The van der Waals surface area contributed by atoms with Gasteiger partial charge in [0.25, 0.3) is 0 Å². The van der Waals surface area contributed by atoms with Crippen LogP contribution in [0.3, 0.4) is 0 Å². The Morgan fingerprint density at radius 1 is 1.29 bits per heavy atom. The molecule has 0 spiro atoms. The van der Waals surface area contributed by atoms with Gasteiger partial charge in [0.1, 0.15) is 0 Å². The van der Waals surface area contributed by atoms with Crippen molar-refractivity contribution in [2.75, 3.05) is 0 Å². The third-order valence-electron chi connectivity index (χ3n) is 1.75. The van der Waals surface area contributed by atoms with Gasteiger partial charge in [-0.2, -0.15) is 0 Å². The summed E-state index contributed by atoms with van der Waals surface area (Å²) in [7, 11) is 0. The van der Waals surface area contributed by atoms with E-state index in [1.165, 1.54) is 0 Å². The van der Waals surface area contributed by atoms with E-state index in [0.29, 0.717) is 5.56 Å². The predicted octanol–water partition coefficient (Wildman–Crippen LogP) is 1.39. The van der Waals surface area contributed by atoms with E-state index in [9.17, 15) is 19.7 Å². The number of hydrogen-bond acceptors (Lipinski definition) is 5. The van der Waals surface area contributed by atoms with Gasteiger partial charge >= 0.3 is 17.6 Å². The molecular weight excluding hydrogens is 226 g/mol. The molecule has 0 N–H and O–H groups in total. The summed E-state index contributed by atoms with van der Waals surface area (Å²) in [5.74, 6) is -2.16. The van der Waals surface area contributed by atoms with Crippen molar-refractivity contribution in [3.63, 3.8) is 0 Å². The van der Waals surface area contributed by atoms with Crippen molar-refractivity contribution in [2.45, 2.75) is 6.92 Å². The molecule has 1 aromatic carbocycles. The number of nitrogens with zero attached hydrogens (tertiary/aromatic N) is 1. The summed E-state index contributed by atoms with van der Waals surface area (Å²) in [5, 5.41) is 10.7. The van der Waals surface area contributed by atoms with Crippen LogP contribution in [-0.2, 0) is 14.3 Å². The number of nitro groups is 1. The SMILES string of the molecule is CC(=O)OC(=O)C(=Cc1ccccc1)[N+](=O)[O-]. The Morgan fingerprint density at radius 3 is 2.35 bits per heavy atom. The number of benzene rings is 1. The van der Waals surface area contributed by atoms with Crippen LogP contribution in [0.25, 0.3) is 6.08 Å². The third kappa shape index (κ3) is 3.86. The second kappa shape index (κ2) is 5.55. The summed E-state index contributed by atoms with van der Waals surface area (Å²) >= 11 is 0. The first-order chi connectivity index (χ1) is 8.00. The van der Waals surface area contributed by atoms with Crippen LogP contribution in [0.2, 0.25) is 0 Å². The lowest BCUT2D eigenvalue weighted by Gasteiger charge is -1.98. The number of rotatable bonds is 3. The normalized spacial score (nSPS) is 10.8. The molecule has 0 bridgehead atoms. The zero-order valence-corrected chi connectivity index (χ0v) is 8.95. The zero-order chi connectivity index (χ0) is 12.8. The standard InChI is InChI=1S/C11H9NO5/c1-8(13)17-11(14)10(12(15)16)7-9-5-3-2-4-6-9/h2-7H,1H3. The van der Waals surface area contributed by atoms with E-state index in [1.54, 1.807) is 30.3 Å². The maximum atomic E-state index is 11.2. The highest BCUT2D eigenvalue weighted by Crippen LogP contribution is 2.08. The summed E-state index contributed by atoms with van der Waals surface area (Å²) < 4.78 is 4.16. The average Bonchev–Trinajstić information content (AvgIpc) is 2.25. The highest BCUT2D eigenvalue weighted by atomic mass is 16.6. The summed E-state index contributed by atoms with van der Waals surface area (Å²) in [4.78, 5) is 31.5. The average molecular weight is 235 g/mol. The number of esters is 2. The van der Waals surface area contributed by atoms with Gasteiger partial charge in [0, 0.05) is 13.0 Å². The van der Waals surface area contributed by atoms with Crippen LogP contribution < -0.4 is 0 Å². The van der Waals surface area contributed by atoms with Crippen molar-refractivity contribution < 1.29 is 19.2 Å². The van der Waals surface area contributed by atoms with Crippen molar-refractivity contribution in [2.24, 2.45) is 0 Å². The van der Waals surface area contributed by atoms with E-state index in [2.05, 4.69) is 4.74 Å². The van der Waals surface area contributed by atoms with E-state index in [4.69, 9.17) is 0 Å². The molecule has 6 nitrogen and oxygen atoms in total. The fraction of sp³-hybridized carbons (Fsp3) is 0.0909. The van der Waals surface area contributed by atoms with Crippen molar-refractivity contribution in [1.29, 1.82) is 0 Å². The predicted molar refractivity (Wildman–Crippen MR) is 58.2 cm³/mol. The molecule has 1 aromatic rings. The molecule has 0 heterocycles. The molecule has 0 atom stereocenters. The first-order valence-corrected chi connectivity index (χ1v) is 4.64. The first-order valence-electron chi connectivity index (χ1n) is 4.64. The fourth-order valence-corrected chi connectivity index (χ4v) is 1.08. The Hall–Kier alpha value is -2.50. The molecule has 17 heavy (non-hydrogen) atoms. The topological polar surface area (TPSA) is 86.5 Å². The van der Waals surface area contributed by atoms with Crippen molar-refractivity contribution in [3.8, 4) is 0 Å². The van der Waals surface area contributed by atoms with Gasteiger partial charge in [0.05, 0.1) is 4.92 Å². The molecule has 0 radical (unpaired) electrons. The minimum atomic E-state index is -1.27. The molecule has 0 unspecified atom stereocenters. The fourth-order valence-electron chi connectivity index (χ4n) is 1.08. The minimum Gasteiger partial charge on any atom is -0.385 e. The number of ether oxygens (including phenoxy) is 1. The molecule has 0 aliphatic carbocycles. The van der Waals surface area contributed by atoms with Crippen LogP contribution in [0.1, 0.15) is 12.5 Å². The number of hydrogen-bond donors (Lipinski definition) is 0. The summed E-state index contributed by atoms with van der Waals surface area (Å²) in [5.41, 5.74) is -0.314. The van der Waals surface area contributed by atoms with E-state index in [0.717, 1.165) is 13.0 Å². The van der Waals surface area contributed by atoms with Gasteiger partial charge in [-0.25, -0.2) is 4.79 Å². The Labute approximate surface area is 96.7 Å². The lowest BCUT2D eigenvalue weighted by Crippen LogP contribution is -2.17. The molecular formula is C11H9NO5. The molecule has 0 fully saturated rings. The van der Waals surface area contributed by atoms with Crippen LogP contribution in [0.5, 0.6) is 0 Å². The summed E-state index contributed by atoms with van der Waals surface area (Å²) in [6, 6.07) is 8.24. The van der Waals surface area contributed by atoms with Crippen molar-refractivity contribution >= 4 is 18.0 Å². The van der Waals surface area contributed by atoms with Gasteiger partial charge in [0.2, 0.25) is 0 Å². The number of carbonyl (C=O) groups is 2. The Kier molecular flexibility index (Phi) is 4.10. The van der Waals surface area contributed by atoms with Gasteiger partial charge in [-0.05, 0) is 5.56 Å². The smallest absolute Gasteiger partial charge is 0.385 e. The van der Waals surface area contributed by atoms with Gasteiger partial charge < -0.3 is 4.74 Å². The molecule has 88 valence electrons. The lowest BCUT2D eigenvalue weighted by atomic mass is 10.2. The van der Waals surface area contributed by atoms with Crippen molar-refractivity contribution in [3.05, 3.63) is 51.7 Å². The first kappa shape index (κ1) is 12.6. The Bertz CT molecular complexity index is 478. The molecule has 6 heteroatoms. The maximum absolute atomic E-state index is 11.2. The van der Waals surface area contributed by atoms with Gasteiger partial charge in [-0.1, -0.05) is 30.3 Å². The molecule has 0 aromatic heterocycles. The third-order valence-corrected chi connectivity index (χ3v) is 1.75. The van der Waals surface area contributed by atoms with Gasteiger partial charge in [-0.3, -0.25) is 14.9 Å². The van der Waals surface area contributed by atoms with E-state index in [-0.39, 0.29) is 0 Å². The Morgan fingerprint density at radius 2 is 1.88 bits per heavy atom. The second-order valence-electron chi connectivity index (χ2n) is 3.08. The molecule has 0 saturated heterocycles. The van der Waals surface area contributed by atoms with Crippen LogP contribution in [0.4, 0.5) is 0 Å². The minimum absolute atomic E-state index is 0.472. The molecule has 0 aliphatic heterocycles.